The molecule has 2 heterocycles. The van der Waals surface area contributed by atoms with Gasteiger partial charge < -0.3 is 5.32 Å². The Balaban J connectivity index is 1.77. The average molecular weight is 216 g/mol. The summed E-state index contributed by atoms with van der Waals surface area (Å²) in [4.78, 5) is 0. The zero-order valence-electron chi connectivity index (χ0n) is 9.24. The number of rotatable bonds is 2. The van der Waals surface area contributed by atoms with Gasteiger partial charge in [0.15, 0.2) is 0 Å². The van der Waals surface area contributed by atoms with E-state index in [1.165, 1.54) is 24.8 Å². The summed E-state index contributed by atoms with van der Waals surface area (Å²) >= 11 is 0. The molecule has 1 aliphatic heterocycles. The maximum atomic E-state index is 4.12. The lowest BCUT2D eigenvalue weighted by atomic mass is 9.98. The van der Waals surface area contributed by atoms with Crippen molar-refractivity contribution in [3.8, 4) is 0 Å². The third-order valence-corrected chi connectivity index (χ3v) is 3.28. The van der Waals surface area contributed by atoms with Crippen molar-refractivity contribution >= 4 is 11.0 Å². The van der Waals surface area contributed by atoms with Crippen LogP contribution in [0.4, 0.5) is 0 Å². The van der Waals surface area contributed by atoms with Gasteiger partial charge in [-0.2, -0.15) is 15.4 Å². The number of hydrogen-bond donors (Lipinski definition) is 2. The number of piperidine rings is 1. The van der Waals surface area contributed by atoms with Crippen LogP contribution in [0.3, 0.4) is 0 Å². The normalized spacial score (nSPS) is 21.4. The van der Waals surface area contributed by atoms with Crippen molar-refractivity contribution in [3.05, 3.63) is 23.8 Å². The molecule has 84 valence electrons. The number of aromatic nitrogens is 3. The fourth-order valence-electron chi connectivity index (χ4n) is 2.40. The highest BCUT2D eigenvalue weighted by atomic mass is 15.3. The number of hydrogen-bond acceptors (Lipinski definition) is 3. The van der Waals surface area contributed by atoms with E-state index in [-0.39, 0.29) is 0 Å². The summed E-state index contributed by atoms with van der Waals surface area (Å²) in [6, 6.07) is 6.96. The molecule has 1 atom stereocenters. The molecule has 1 aliphatic rings. The maximum Gasteiger partial charge on any atom is 0.113 e. The van der Waals surface area contributed by atoms with Crippen LogP contribution >= 0.6 is 0 Å². The summed E-state index contributed by atoms with van der Waals surface area (Å²) in [5.74, 6) is 0. The van der Waals surface area contributed by atoms with Gasteiger partial charge in [-0.3, -0.25) is 0 Å². The summed E-state index contributed by atoms with van der Waals surface area (Å²) < 4.78 is 0. The fourth-order valence-corrected chi connectivity index (χ4v) is 2.40. The van der Waals surface area contributed by atoms with Gasteiger partial charge in [-0.15, -0.1) is 0 Å². The van der Waals surface area contributed by atoms with E-state index in [0.717, 1.165) is 24.0 Å². The molecule has 1 aromatic heterocycles. The molecule has 0 spiro atoms. The molecule has 1 fully saturated rings. The van der Waals surface area contributed by atoms with Crippen LogP contribution in [0.2, 0.25) is 0 Å². The summed E-state index contributed by atoms with van der Waals surface area (Å²) in [5, 5.41) is 14.4. The Kier molecular flexibility index (Phi) is 2.58. The number of aromatic amines is 1. The zero-order valence-corrected chi connectivity index (χ0v) is 9.24. The lowest BCUT2D eigenvalue weighted by molar-refractivity contribution is 0.399. The third-order valence-electron chi connectivity index (χ3n) is 3.28. The molecule has 1 aromatic carbocycles. The molecule has 3 rings (SSSR count). The number of nitrogens with zero attached hydrogens (tertiary/aromatic N) is 2. The first-order chi connectivity index (χ1) is 7.92. The molecule has 0 saturated carbocycles. The van der Waals surface area contributed by atoms with Crippen molar-refractivity contribution < 1.29 is 0 Å². The van der Waals surface area contributed by atoms with Gasteiger partial charge in [0.1, 0.15) is 11.0 Å². The molecule has 4 heteroatoms. The van der Waals surface area contributed by atoms with Crippen LogP contribution < -0.4 is 5.32 Å². The molecular formula is C12H16N4. The molecule has 1 saturated heterocycles. The van der Waals surface area contributed by atoms with Crippen LogP contribution in [0.25, 0.3) is 11.0 Å². The van der Waals surface area contributed by atoms with E-state index in [9.17, 15) is 0 Å². The standard InChI is InChI=1S/C12H16N4/c1-2-6-13-10(3-1)7-9-4-5-11-12(8-9)15-16-14-11/h4-5,8,10,13H,1-3,6-7H2,(H,14,15,16). The third kappa shape index (κ3) is 1.93. The monoisotopic (exact) mass is 216 g/mol. The first-order valence-electron chi connectivity index (χ1n) is 5.94. The lowest BCUT2D eigenvalue weighted by Gasteiger charge is -2.23. The van der Waals surface area contributed by atoms with Crippen molar-refractivity contribution in [2.24, 2.45) is 0 Å². The molecule has 0 bridgehead atoms. The zero-order chi connectivity index (χ0) is 10.8. The van der Waals surface area contributed by atoms with Crippen LogP contribution in [-0.2, 0) is 6.42 Å². The topological polar surface area (TPSA) is 53.6 Å². The first-order valence-corrected chi connectivity index (χ1v) is 5.94. The molecule has 0 aliphatic carbocycles. The van der Waals surface area contributed by atoms with Crippen molar-refractivity contribution in [2.45, 2.75) is 31.7 Å². The summed E-state index contributed by atoms with van der Waals surface area (Å²) in [6.45, 7) is 1.16. The Morgan fingerprint density at radius 2 is 2.12 bits per heavy atom. The lowest BCUT2D eigenvalue weighted by Crippen LogP contribution is -2.35. The van der Waals surface area contributed by atoms with Crippen LogP contribution in [0.5, 0.6) is 0 Å². The number of benzene rings is 1. The van der Waals surface area contributed by atoms with Gasteiger partial charge in [0.25, 0.3) is 0 Å². The van der Waals surface area contributed by atoms with E-state index in [1.54, 1.807) is 0 Å². The van der Waals surface area contributed by atoms with Gasteiger partial charge in [0, 0.05) is 6.04 Å². The molecule has 2 N–H and O–H groups in total. The van der Waals surface area contributed by atoms with Crippen molar-refractivity contribution in [2.75, 3.05) is 6.54 Å². The Morgan fingerprint density at radius 1 is 1.19 bits per heavy atom. The average Bonchev–Trinajstić information content (AvgIpc) is 2.77. The minimum atomic E-state index is 0.637. The molecule has 2 aromatic rings. The number of H-pyrrole nitrogens is 1. The summed E-state index contributed by atoms with van der Waals surface area (Å²) in [7, 11) is 0. The molecule has 0 amide bonds. The highest BCUT2D eigenvalue weighted by Crippen LogP contribution is 2.16. The Labute approximate surface area is 94.4 Å². The SMILES string of the molecule is c1cc2n[nH]nc2cc1CC1CCCCN1. The predicted octanol–water partition coefficient (Wildman–Crippen LogP) is 1.64. The number of fused-ring (bicyclic) bond motifs is 1. The van der Waals surface area contributed by atoms with Crippen LogP contribution in [0, 0.1) is 0 Å². The Bertz CT molecular complexity index is 471. The van der Waals surface area contributed by atoms with E-state index < -0.39 is 0 Å². The smallest absolute Gasteiger partial charge is 0.113 e. The fraction of sp³-hybridized carbons (Fsp3) is 0.500. The summed E-state index contributed by atoms with van der Waals surface area (Å²) in [6.07, 6.45) is 5.06. The minimum Gasteiger partial charge on any atom is -0.314 e. The Hall–Kier alpha value is -1.42. The van der Waals surface area contributed by atoms with E-state index in [4.69, 9.17) is 0 Å². The van der Waals surface area contributed by atoms with Gasteiger partial charge in [0.2, 0.25) is 0 Å². The highest BCUT2D eigenvalue weighted by molar-refractivity contribution is 5.74. The predicted molar refractivity (Wildman–Crippen MR) is 63.2 cm³/mol. The second-order valence-corrected chi connectivity index (χ2v) is 4.50. The summed E-state index contributed by atoms with van der Waals surface area (Å²) in [5.41, 5.74) is 3.26. The highest BCUT2D eigenvalue weighted by Gasteiger charge is 2.13. The molecule has 0 radical (unpaired) electrons. The van der Waals surface area contributed by atoms with Crippen molar-refractivity contribution in [3.63, 3.8) is 0 Å². The van der Waals surface area contributed by atoms with Gasteiger partial charge in [-0.1, -0.05) is 12.5 Å². The molecular weight excluding hydrogens is 200 g/mol. The van der Waals surface area contributed by atoms with Crippen LogP contribution in [0.1, 0.15) is 24.8 Å². The number of nitrogens with one attached hydrogen (secondary N) is 2. The molecule has 4 nitrogen and oxygen atoms in total. The van der Waals surface area contributed by atoms with E-state index in [1.807, 2.05) is 6.07 Å². The second kappa shape index (κ2) is 4.22. The van der Waals surface area contributed by atoms with E-state index >= 15 is 0 Å². The van der Waals surface area contributed by atoms with Crippen molar-refractivity contribution in [1.82, 2.24) is 20.7 Å². The van der Waals surface area contributed by atoms with E-state index in [2.05, 4.69) is 32.9 Å². The maximum absolute atomic E-state index is 4.12. The van der Waals surface area contributed by atoms with E-state index in [0.29, 0.717) is 6.04 Å². The van der Waals surface area contributed by atoms with Gasteiger partial charge in [-0.05, 0) is 43.5 Å². The second-order valence-electron chi connectivity index (χ2n) is 4.50. The molecule has 16 heavy (non-hydrogen) atoms. The molecule has 1 unspecified atom stereocenters. The van der Waals surface area contributed by atoms with Gasteiger partial charge in [-0.25, -0.2) is 0 Å². The quantitative estimate of drug-likeness (QED) is 0.802. The first kappa shape index (κ1) is 9.78. The Morgan fingerprint density at radius 3 is 3.00 bits per heavy atom. The van der Waals surface area contributed by atoms with Crippen molar-refractivity contribution in [1.29, 1.82) is 0 Å². The van der Waals surface area contributed by atoms with Crippen LogP contribution in [0.15, 0.2) is 18.2 Å². The van der Waals surface area contributed by atoms with Gasteiger partial charge in [0.05, 0.1) is 0 Å². The minimum absolute atomic E-state index is 0.637. The largest absolute Gasteiger partial charge is 0.314 e. The van der Waals surface area contributed by atoms with Crippen LogP contribution in [-0.4, -0.2) is 28.0 Å². The van der Waals surface area contributed by atoms with Gasteiger partial charge >= 0.3 is 0 Å².